The predicted molar refractivity (Wildman–Crippen MR) is 101 cm³/mol. The lowest BCUT2D eigenvalue weighted by atomic mass is 9.99. The van der Waals surface area contributed by atoms with Crippen LogP contribution in [-0.2, 0) is 20.9 Å². The number of carbonyl (C=O) groups excluding carboxylic acids is 3. The number of halogens is 5. The van der Waals surface area contributed by atoms with Crippen molar-refractivity contribution in [3.8, 4) is 11.4 Å². The van der Waals surface area contributed by atoms with Crippen LogP contribution in [0.4, 0.5) is 27.6 Å². The van der Waals surface area contributed by atoms with Gasteiger partial charge in [-0.2, -0.15) is 13.2 Å². The molecule has 8 nitrogen and oxygen atoms in total. The predicted octanol–water partition coefficient (Wildman–Crippen LogP) is 2.03. The lowest BCUT2D eigenvalue weighted by Gasteiger charge is -2.23. The maximum absolute atomic E-state index is 13.6. The molecule has 0 aliphatic rings. The molecule has 0 saturated heterocycles. The van der Waals surface area contributed by atoms with Gasteiger partial charge < -0.3 is 10.6 Å². The maximum Gasteiger partial charge on any atom is 0.452 e. The van der Waals surface area contributed by atoms with E-state index >= 15 is 0 Å². The number of alkyl halides is 3. The first-order valence-corrected chi connectivity index (χ1v) is 9.02. The first kappa shape index (κ1) is 24.6. The monoisotopic (exact) mass is 460 g/mol. The Morgan fingerprint density at radius 1 is 1.16 bits per heavy atom. The Hall–Kier alpha value is -3.64. The van der Waals surface area contributed by atoms with Gasteiger partial charge in [0.15, 0.2) is 0 Å². The summed E-state index contributed by atoms with van der Waals surface area (Å²) in [7, 11) is 0. The van der Waals surface area contributed by atoms with Crippen LogP contribution in [0.1, 0.15) is 13.8 Å². The molecule has 0 aliphatic carbocycles. The second-order valence-electron chi connectivity index (χ2n) is 6.96. The second-order valence-corrected chi connectivity index (χ2v) is 6.96. The largest absolute Gasteiger partial charge is 0.452 e. The van der Waals surface area contributed by atoms with Crippen molar-refractivity contribution < 1.29 is 36.3 Å². The minimum atomic E-state index is -5.21. The van der Waals surface area contributed by atoms with Gasteiger partial charge in [-0.05, 0) is 18.1 Å². The van der Waals surface area contributed by atoms with Gasteiger partial charge >= 0.3 is 6.18 Å². The molecule has 0 fully saturated rings. The maximum atomic E-state index is 13.6. The van der Waals surface area contributed by atoms with Crippen LogP contribution in [-0.4, -0.2) is 39.9 Å². The van der Waals surface area contributed by atoms with Gasteiger partial charge in [0.05, 0.1) is 12.2 Å². The van der Waals surface area contributed by atoms with Crippen molar-refractivity contribution in [2.45, 2.75) is 32.6 Å². The van der Waals surface area contributed by atoms with Crippen LogP contribution in [0.2, 0.25) is 0 Å². The van der Waals surface area contributed by atoms with E-state index in [0.29, 0.717) is 10.6 Å². The molecule has 2 N–H and O–H groups in total. The van der Waals surface area contributed by atoms with Crippen LogP contribution in [0.25, 0.3) is 11.4 Å². The first-order valence-electron chi connectivity index (χ1n) is 9.02. The number of amides is 2. The van der Waals surface area contributed by atoms with Crippen LogP contribution in [0.15, 0.2) is 29.2 Å². The molecule has 1 aromatic heterocycles. The SMILES string of the molecule is CC(C)C(NC(=O)Cn1c(-c2cc(F)cc(F)c2)ncc(NC=O)c1=O)C(=O)C(F)(F)F. The highest BCUT2D eigenvalue weighted by Gasteiger charge is 2.45. The smallest absolute Gasteiger partial charge is 0.344 e. The van der Waals surface area contributed by atoms with E-state index in [1.165, 1.54) is 13.8 Å². The van der Waals surface area contributed by atoms with Gasteiger partial charge in [0, 0.05) is 11.6 Å². The molecule has 32 heavy (non-hydrogen) atoms. The minimum absolute atomic E-state index is 0.140. The minimum Gasteiger partial charge on any atom is -0.344 e. The molecule has 1 atom stereocenters. The van der Waals surface area contributed by atoms with E-state index in [1.54, 1.807) is 0 Å². The number of anilines is 1. The van der Waals surface area contributed by atoms with Crippen molar-refractivity contribution in [2.24, 2.45) is 5.92 Å². The fraction of sp³-hybridized carbons (Fsp3) is 0.316. The van der Waals surface area contributed by atoms with E-state index in [1.807, 2.05) is 10.6 Å². The molecule has 0 radical (unpaired) electrons. The van der Waals surface area contributed by atoms with E-state index in [0.717, 1.165) is 18.3 Å². The van der Waals surface area contributed by atoms with E-state index in [-0.39, 0.29) is 12.0 Å². The molecule has 2 rings (SSSR count). The first-order chi connectivity index (χ1) is 14.8. The zero-order chi connectivity index (χ0) is 24.2. The summed E-state index contributed by atoms with van der Waals surface area (Å²) < 4.78 is 66.3. The highest BCUT2D eigenvalue weighted by molar-refractivity contribution is 5.93. The van der Waals surface area contributed by atoms with Crippen LogP contribution in [0, 0.1) is 17.6 Å². The highest BCUT2D eigenvalue weighted by Crippen LogP contribution is 2.22. The average Bonchev–Trinajstić information content (AvgIpc) is 2.67. The summed E-state index contributed by atoms with van der Waals surface area (Å²) in [6.45, 7) is 1.60. The van der Waals surface area contributed by atoms with Crippen molar-refractivity contribution >= 4 is 23.8 Å². The Labute approximate surface area is 177 Å². The quantitative estimate of drug-likeness (QED) is 0.463. The Morgan fingerprint density at radius 2 is 1.75 bits per heavy atom. The van der Waals surface area contributed by atoms with Crippen LogP contribution in [0.5, 0.6) is 0 Å². The zero-order valence-corrected chi connectivity index (χ0v) is 16.7. The molecule has 0 bridgehead atoms. The van der Waals surface area contributed by atoms with Gasteiger partial charge in [0.2, 0.25) is 12.3 Å². The summed E-state index contributed by atoms with van der Waals surface area (Å²) >= 11 is 0. The molecule has 0 spiro atoms. The van der Waals surface area contributed by atoms with Crippen molar-refractivity contribution in [1.82, 2.24) is 14.9 Å². The van der Waals surface area contributed by atoms with Crippen molar-refractivity contribution in [1.29, 1.82) is 0 Å². The Kier molecular flexibility index (Phi) is 7.44. The van der Waals surface area contributed by atoms with E-state index in [4.69, 9.17) is 0 Å². The number of hydrogen-bond acceptors (Lipinski definition) is 5. The lowest BCUT2D eigenvalue weighted by Crippen LogP contribution is -2.51. The van der Waals surface area contributed by atoms with Crippen molar-refractivity contribution in [3.63, 3.8) is 0 Å². The third-order valence-electron chi connectivity index (χ3n) is 4.23. The van der Waals surface area contributed by atoms with Gasteiger partial charge in [0.25, 0.3) is 11.3 Å². The molecule has 1 heterocycles. The summed E-state index contributed by atoms with van der Waals surface area (Å²) in [4.78, 5) is 51.2. The number of rotatable bonds is 8. The van der Waals surface area contributed by atoms with Gasteiger partial charge in [-0.3, -0.25) is 23.7 Å². The highest BCUT2D eigenvalue weighted by atomic mass is 19.4. The molecular formula is C19H17F5N4O4. The lowest BCUT2D eigenvalue weighted by molar-refractivity contribution is -0.174. The Balaban J connectivity index is 2.49. The molecule has 1 aromatic carbocycles. The molecule has 13 heteroatoms. The molecule has 172 valence electrons. The summed E-state index contributed by atoms with van der Waals surface area (Å²) in [6.07, 6.45) is -4.19. The molecule has 0 aliphatic heterocycles. The Bertz CT molecular complexity index is 1080. The number of benzene rings is 1. The van der Waals surface area contributed by atoms with Crippen LogP contribution >= 0.6 is 0 Å². The zero-order valence-electron chi connectivity index (χ0n) is 16.7. The standard InChI is InChI=1S/C19H17F5N4O4/c1-9(2)15(16(31)19(22,23)24)27-14(30)7-28-17(10-3-11(20)5-12(21)4-10)25-6-13(18(28)32)26-8-29/h3-6,8-9,15H,7H2,1-2H3,(H,26,29)(H,27,30). The summed E-state index contributed by atoms with van der Waals surface area (Å²) in [5.74, 6) is -6.74. The Morgan fingerprint density at radius 3 is 2.25 bits per heavy atom. The van der Waals surface area contributed by atoms with Gasteiger partial charge in [-0.1, -0.05) is 13.8 Å². The van der Waals surface area contributed by atoms with E-state index in [9.17, 15) is 41.1 Å². The molecule has 2 aromatic rings. The number of aromatic nitrogens is 2. The van der Waals surface area contributed by atoms with Crippen molar-refractivity contribution in [3.05, 3.63) is 46.4 Å². The summed E-state index contributed by atoms with van der Waals surface area (Å²) in [5, 5.41) is 3.95. The fourth-order valence-electron chi connectivity index (χ4n) is 2.79. The number of nitrogens with one attached hydrogen (secondary N) is 2. The normalized spacial score (nSPS) is 12.4. The summed E-state index contributed by atoms with van der Waals surface area (Å²) in [6, 6.07) is 0.251. The number of Topliss-reactive ketones (excluding diaryl/α,β-unsaturated/α-hetero) is 1. The number of hydrogen-bond donors (Lipinski definition) is 2. The van der Waals surface area contributed by atoms with E-state index < -0.39 is 65.1 Å². The topological polar surface area (TPSA) is 110 Å². The fourth-order valence-corrected chi connectivity index (χ4v) is 2.79. The average molecular weight is 460 g/mol. The molecular weight excluding hydrogens is 443 g/mol. The summed E-state index contributed by atoms with van der Waals surface area (Å²) in [5.41, 5.74) is -1.68. The van der Waals surface area contributed by atoms with Crippen LogP contribution < -0.4 is 16.2 Å². The third-order valence-corrected chi connectivity index (χ3v) is 4.23. The second kappa shape index (κ2) is 9.66. The molecule has 2 amide bonds. The third kappa shape index (κ3) is 5.74. The van der Waals surface area contributed by atoms with E-state index in [2.05, 4.69) is 4.98 Å². The van der Waals surface area contributed by atoms with Gasteiger partial charge in [-0.25, -0.2) is 13.8 Å². The number of carbonyl (C=O) groups is 3. The molecule has 0 saturated carbocycles. The van der Waals surface area contributed by atoms with Crippen LogP contribution in [0.3, 0.4) is 0 Å². The van der Waals surface area contributed by atoms with Crippen molar-refractivity contribution in [2.75, 3.05) is 5.32 Å². The number of ketones is 1. The van der Waals surface area contributed by atoms with Gasteiger partial charge in [0.1, 0.15) is 29.7 Å². The molecule has 1 unspecified atom stereocenters. The van der Waals surface area contributed by atoms with Gasteiger partial charge in [-0.15, -0.1) is 0 Å². The number of nitrogens with zero attached hydrogens (tertiary/aromatic N) is 2.